The molecule has 0 heterocycles. The second-order valence-corrected chi connectivity index (χ2v) is 5.45. The van der Waals surface area contributed by atoms with Crippen LogP contribution in [0.2, 0.25) is 0 Å². The Morgan fingerprint density at radius 1 is 1.50 bits per heavy atom. The molecule has 0 aliphatic carbocycles. The molecule has 0 saturated heterocycles. The van der Waals surface area contributed by atoms with Crippen LogP contribution in [0.5, 0.6) is 0 Å². The Hall–Kier alpha value is -1.64. The van der Waals surface area contributed by atoms with Crippen LogP contribution in [0.15, 0.2) is 23.1 Å². The first kappa shape index (κ1) is 14.4. The topological polar surface area (TPSA) is 130 Å². The molecule has 1 atom stereocenters. The second-order valence-electron chi connectivity index (χ2n) is 3.77. The van der Waals surface area contributed by atoms with Crippen molar-refractivity contribution in [3.8, 4) is 0 Å². The van der Waals surface area contributed by atoms with Crippen molar-refractivity contribution >= 4 is 21.7 Å². The summed E-state index contributed by atoms with van der Waals surface area (Å²) in [6.45, 7) is 1.06. The molecule has 0 aromatic heterocycles. The molecule has 5 N–H and O–H groups in total. The van der Waals surface area contributed by atoms with Gasteiger partial charge in [0, 0.05) is 11.7 Å². The van der Waals surface area contributed by atoms with E-state index in [4.69, 9.17) is 15.9 Å². The zero-order chi connectivity index (χ0) is 13.9. The Morgan fingerprint density at radius 3 is 2.61 bits per heavy atom. The minimum atomic E-state index is -4.01. The Labute approximate surface area is 104 Å². The van der Waals surface area contributed by atoms with Crippen LogP contribution in [0.1, 0.15) is 17.3 Å². The number of nitrogens with two attached hydrogens (primary N) is 1. The van der Waals surface area contributed by atoms with E-state index >= 15 is 0 Å². The molecule has 100 valence electrons. The smallest absolute Gasteiger partial charge is 0.337 e. The summed E-state index contributed by atoms with van der Waals surface area (Å²) in [7, 11) is -4.01. The summed E-state index contributed by atoms with van der Waals surface area (Å²) < 4.78 is 26.0. The molecule has 0 aliphatic heterocycles. The van der Waals surface area contributed by atoms with E-state index in [0.29, 0.717) is 0 Å². The minimum Gasteiger partial charge on any atom is -0.478 e. The number of benzene rings is 1. The minimum absolute atomic E-state index is 0.154. The van der Waals surface area contributed by atoms with Gasteiger partial charge in [0.1, 0.15) is 0 Å². The number of carboxylic acid groups (broad SMARTS) is 1. The number of sulfonamides is 1. The monoisotopic (exact) mass is 274 g/mol. The molecule has 0 unspecified atom stereocenters. The van der Waals surface area contributed by atoms with Crippen molar-refractivity contribution < 1.29 is 23.4 Å². The van der Waals surface area contributed by atoms with Gasteiger partial charge in [-0.3, -0.25) is 0 Å². The lowest BCUT2D eigenvalue weighted by Gasteiger charge is -2.13. The standard InChI is InChI=1S/C10H14N2O5S/c1-6(5-13)12-18(16,17)9-3-2-7(11)4-8(9)10(14)15/h2-4,6,12-13H,5,11H2,1H3,(H,14,15)/t6-/m1/s1. The summed E-state index contributed by atoms with van der Waals surface area (Å²) in [6.07, 6.45) is 0. The SMILES string of the molecule is C[C@H](CO)NS(=O)(=O)c1ccc(N)cc1C(=O)O. The molecule has 1 rings (SSSR count). The molecule has 0 fully saturated rings. The van der Waals surface area contributed by atoms with E-state index in [1.807, 2.05) is 0 Å². The fourth-order valence-corrected chi connectivity index (χ4v) is 2.73. The van der Waals surface area contributed by atoms with Crippen molar-refractivity contribution in [2.45, 2.75) is 17.9 Å². The van der Waals surface area contributed by atoms with Gasteiger partial charge in [-0.25, -0.2) is 17.9 Å². The molecular weight excluding hydrogens is 260 g/mol. The Morgan fingerprint density at radius 2 is 2.11 bits per heavy atom. The maximum absolute atomic E-state index is 11.9. The van der Waals surface area contributed by atoms with Gasteiger partial charge in [-0.15, -0.1) is 0 Å². The van der Waals surface area contributed by atoms with E-state index in [-0.39, 0.29) is 10.6 Å². The highest BCUT2D eigenvalue weighted by atomic mass is 32.2. The molecule has 0 bridgehead atoms. The molecule has 18 heavy (non-hydrogen) atoms. The van der Waals surface area contributed by atoms with Crippen LogP contribution in [0.4, 0.5) is 5.69 Å². The van der Waals surface area contributed by atoms with Crippen molar-refractivity contribution in [1.29, 1.82) is 0 Å². The zero-order valence-electron chi connectivity index (χ0n) is 9.62. The van der Waals surface area contributed by atoms with Gasteiger partial charge in [0.25, 0.3) is 0 Å². The number of nitrogens with one attached hydrogen (secondary N) is 1. The highest BCUT2D eigenvalue weighted by Gasteiger charge is 2.23. The molecule has 8 heteroatoms. The van der Waals surface area contributed by atoms with Gasteiger partial charge in [0.15, 0.2) is 0 Å². The van der Waals surface area contributed by atoms with Crippen molar-refractivity contribution in [3.63, 3.8) is 0 Å². The lowest BCUT2D eigenvalue weighted by molar-refractivity contribution is 0.0692. The quantitative estimate of drug-likeness (QED) is 0.542. The van der Waals surface area contributed by atoms with Crippen LogP contribution in [0, 0.1) is 0 Å². The van der Waals surface area contributed by atoms with Crippen molar-refractivity contribution in [2.75, 3.05) is 12.3 Å². The first-order chi connectivity index (χ1) is 8.27. The summed E-state index contributed by atoms with van der Waals surface area (Å²) in [5.74, 6) is -1.39. The van der Waals surface area contributed by atoms with Gasteiger partial charge in [0.2, 0.25) is 10.0 Å². The number of hydrogen-bond acceptors (Lipinski definition) is 5. The predicted molar refractivity (Wildman–Crippen MR) is 64.7 cm³/mol. The first-order valence-corrected chi connectivity index (χ1v) is 6.52. The second kappa shape index (κ2) is 5.34. The fraction of sp³-hybridized carbons (Fsp3) is 0.300. The van der Waals surface area contributed by atoms with Crippen LogP contribution >= 0.6 is 0 Å². The molecule has 0 saturated carbocycles. The van der Waals surface area contributed by atoms with Gasteiger partial charge in [0.05, 0.1) is 17.1 Å². The molecular formula is C10H14N2O5S. The molecule has 1 aromatic carbocycles. The van der Waals surface area contributed by atoms with Crippen molar-refractivity contribution in [3.05, 3.63) is 23.8 Å². The van der Waals surface area contributed by atoms with Crippen LogP contribution in [0.3, 0.4) is 0 Å². The Kier molecular flexibility index (Phi) is 4.28. The summed E-state index contributed by atoms with van der Waals surface area (Å²) in [4.78, 5) is 10.6. The number of aliphatic hydroxyl groups excluding tert-OH is 1. The maximum atomic E-state index is 11.9. The normalized spacial score (nSPS) is 13.2. The molecule has 0 radical (unpaired) electrons. The van der Waals surface area contributed by atoms with Crippen LogP contribution in [-0.4, -0.2) is 37.2 Å². The number of hydrogen-bond donors (Lipinski definition) is 4. The van der Waals surface area contributed by atoms with Gasteiger partial charge >= 0.3 is 5.97 Å². The summed E-state index contributed by atoms with van der Waals surface area (Å²) in [6, 6.07) is 2.77. The molecule has 7 nitrogen and oxygen atoms in total. The molecule has 0 aliphatic rings. The summed E-state index contributed by atoms with van der Waals surface area (Å²) >= 11 is 0. The average Bonchev–Trinajstić information content (AvgIpc) is 2.27. The predicted octanol–water partition coefficient (Wildman–Crippen LogP) is -0.374. The van der Waals surface area contributed by atoms with Crippen molar-refractivity contribution in [2.24, 2.45) is 0 Å². The number of aliphatic hydroxyl groups is 1. The van der Waals surface area contributed by atoms with E-state index < -0.39 is 34.2 Å². The number of anilines is 1. The summed E-state index contributed by atoms with van der Waals surface area (Å²) in [5.41, 5.74) is 5.16. The Bertz CT molecular complexity index is 555. The highest BCUT2D eigenvalue weighted by Crippen LogP contribution is 2.19. The van der Waals surface area contributed by atoms with Crippen LogP contribution in [0.25, 0.3) is 0 Å². The van der Waals surface area contributed by atoms with E-state index in [2.05, 4.69) is 4.72 Å². The highest BCUT2D eigenvalue weighted by molar-refractivity contribution is 7.89. The molecule has 0 spiro atoms. The molecule has 1 aromatic rings. The number of rotatable bonds is 5. The van der Waals surface area contributed by atoms with E-state index in [0.717, 1.165) is 12.1 Å². The van der Waals surface area contributed by atoms with Crippen molar-refractivity contribution in [1.82, 2.24) is 4.72 Å². The lowest BCUT2D eigenvalue weighted by atomic mass is 10.2. The average molecular weight is 274 g/mol. The number of aromatic carboxylic acids is 1. The third-order valence-corrected chi connectivity index (χ3v) is 3.80. The van der Waals surface area contributed by atoms with E-state index in [1.54, 1.807) is 0 Å². The van der Waals surface area contributed by atoms with Gasteiger partial charge in [-0.05, 0) is 25.1 Å². The molecule has 0 amide bonds. The van der Waals surface area contributed by atoms with Gasteiger partial charge in [-0.1, -0.05) is 0 Å². The lowest BCUT2D eigenvalue weighted by Crippen LogP contribution is -2.35. The summed E-state index contributed by atoms with van der Waals surface area (Å²) in [5, 5.41) is 17.8. The number of nitrogen functional groups attached to an aromatic ring is 1. The van der Waals surface area contributed by atoms with Crippen LogP contribution < -0.4 is 10.5 Å². The third kappa shape index (κ3) is 3.19. The van der Waals surface area contributed by atoms with E-state index in [1.165, 1.54) is 13.0 Å². The van der Waals surface area contributed by atoms with Gasteiger partial charge in [-0.2, -0.15) is 0 Å². The van der Waals surface area contributed by atoms with Crippen LogP contribution in [-0.2, 0) is 10.0 Å². The number of carbonyl (C=O) groups is 1. The zero-order valence-corrected chi connectivity index (χ0v) is 10.4. The van der Waals surface area contributed by atoms with E-state index in [9.17, 15) is 13.2 Å². The maximum Gasteiger partial charge on any atom is 0.337 e. The fourth-order valence-electron chi connectivity index (χ4n) is 1.31. The first-order valence-electron chi connectivity index (χ1n) is 5.04. The number of carboxylic acids is 1. The van der Waals surface area contributed by atoms with Gasteiger partial charge < -0.3 is 15.9 Å². The Balaban J connectivity index is 3.28. The third-order valence-electron chi connectivity index (χ3n) is 2.15. The largest absolute Gasteiger partial charge is 0.478 e.